The van der Waals surface area contributed by atoms with Gasteiger partial charge in [-0.15, -0.1) is 0 Å². The minimum Gasteiger partial charge on any atom is -0.748 e. The van der Waals surface area contributed by atoms with Gasteiger partial charge < -0.3 is 20.6 Å². The lowest BCUT2D eigenvalue weighted by Crippen LogP contribution is -2.50. The van der Waals surface area contributed by atoms with Gasteiger partial charge in [-0.05, 0) is 51.0 Å². The molecule has 8 nitrogen and oxygen atoms in total. The predicted octanol–water partition coefficient (Wildman–Crippen LogP) is 1.04. The van der Waals surface area contributed by atoms with Gasteiger partial charge in [0.05, 0.1) is 26.8 Å². The Labute approximate surface area is 160 Å². The van der Waals surface area contributed by atoms with Crippen molar-refractivity contribution in [3.63, 3.8) is 0 Å². The van der Waals surface area contributed by atoms with Crippen LogP contribution in [0.5, 0.6) is 0 Å². The van der Waals surface area contributed by atoms with Crippen LogP contribution in [-0.4, -0.2) is 49.5 Å². The van der Waals surface area contributed by atoms with Gasteiger partial charge in [0.15, 0.2) is 0 Å². The van der Waals surface area contributed by atoms with E-state index in [1.165, 1.54) is 12.8 Å². The molecule has 1 atom stereocenters. The highest BCUT2D eigenvalue weighted by Gasteiger charge is 2.10. The maximum atomic E-state index is 10.2. The van der Waals surface area contributed by atoms with Crippen molar-refractivity contribution in [2.45, 2.75) is 83.6 Å². The molecule has 0 aliphatic rings. The minimum absolute atomic E-state index is 0.419. The zero-order valence-electron chi connectivity index (χ0n) is 16.9. The van der Waals surface area contributed by atoms with E-state index in [2.05, 4.69) is 12.7 Å². The third-order valence-electron chi connectivity index (χ3n) is 3.99. The molecule has 0 spiro atoms. The molecule has 0 aliphatic heterocycles. The lowest BCUT2D eigenvalue weighted by Gasteiger charge is -2.15. The van der Waals surface area contributed by atoms with Crippen LogP contribution in [-0.2, 0) is 20.2 Å². The Bertz CT molecular complexity index is 461. The van der Waals surface area contributed by atoms with E-state index in [0.717, 1.165) is 13.1 Å². The van der Waals surface area contributed by atoms with Gasteiger partial charge >= 0.3 is 0 Å². The van der Waals surface area contributed by atoms with E-state index in [0.29, 0.717) is 31.6 Å². The minimum atomic E-state index is -4.02. The highest BCUT2D eigenvalue weighted by Crippen LogP contribution is 2.07. The molecule has 0 amide bonds. The summed E-state index contributed by atoms with van der Waals surface area (Å²) in [6.07, 6.45) is 4.13. The molecule has 0 radical (unpaired) electrons. The van der Waals surface area contributed by atoms with Crippen molar-refractivity contribution in [1.29, 1.82) is 0 Å². The number of hydrogen-bond donors (Lipinski definition) is 2. The van der Waals surface area contributed by atoms with Gasteiger partial charge in [-0.1, -0.05) is 34.6 Å². The van der Waals surface area contributed by atoms with Crippen LogP contribution in [0.4, 0.5) is 0 Å². The first-order valence-corrected chi connectivity index (χ1v) is 12.2. The van der Waals surface area contributed by atoms with Crippen LogP contribution in [0.25, 0.3) is 0 Å². The van der Waals surface area contributed by atoms with E-state index < -0.39 is 30.7 Å². The molecule has 162 valence electrons. The molecular weight excluding hydrogens is 380 g/mol. The number of nitrogens with two attached hydrogens (primary N) is 1. The lowest BCUT2D eigenvalue weighted by molar-refractivity contribution is -0.368. The summed E-state index contributed by atoms with van der Waals surface area (Å²) in [5, 5.41) is -1.37. The van der Waals surface area contributed by atoms with Gasteiger partial charge in [-0.3, -0.25) is 0 Å². The molecule has 26 heavy (non-hydrogen) atoms. The summed E-state index contributed by atoms with van der Waals surface area (Å²) in [5.74, 6) is 0.691. The molecule has 0 aromatic carbocycles. The van der Waals surface area contributed by atoms with E-state index in [-0.39, 0.29) is 0 Å². The van der Waals surface area contributed by atoms with Crippen LogP contribution in [0.15, 0.2) is 0 Å². The monoisotopic (exact) mass is 419 g/mol. The summed E-state index contributed by atoms with van der Waals surface area (Å²) in [7, 11) is -8.03. The second kappa shape index (κ2) is 16.9. The Hall–Kier alpha value is -0.260. The van der Waals surface area contributed by atoms with Gasteiger partial charge in [-0.2, -0.15) is 0 Å². The van der Waals surface area contributed by atoms with Crippen LogP contribution in [0.2, 0.25) is 0 Å². The van der Waals surface area contributed by atoms with Crippen molar-refractivity contribution in [1.82, 2.24) is 0 Å². The molecule has 5 N–H and O–H groups in total. The fraction of sp³-hybridized carbons (Fsp3) is 1.00. The highest BCUT2D eigenvalue weighted by atomic mass is 32.2. The summed E-state index contributed by atoms with van der Waals surface area (Å²) < 4.78 is 61.4. The molecular formula is C16H39N2O6S2-. The largest absolute Gasteiger partial charge is 0.748 e. The van der Waals surface area contributed by atoms with Crippen molar-refractivity contribution in [2.24, 2.45) is 11.7 Å². The lowest BCUT2D eigenvalue weighted by atomic mass is 10.1. The Morgan fingerprint density at radius 3 is 1.27 bits per heavy atom. The first-order chi connectivity index (χ1) is 11.8. The molecule has 0 aromatic rings. The molecule has 0 bridgehead atoms. The topological polar surface area (TPSA) is 168 Å². The Morgan fingerprint density at radius 1 is 0.846 bits per heavy atom. The van der Waals surface area contributed by atoms with Crippen molar-refractivity contribution in [2.75, 3.05) is 13.1 Å². The van der Waals surface area contributed by atoms with E-state index in [4.69, 9.17) is 5.73 Å². The highest BCUT2D eigenvalue weighted by molar-refractivity contribution is 7.86. The molecule has 0 fully saturated rings. The summed E-state index contributed by atoms with van der Waals surface area (Å²) in [5.41, 5.74) is 9.14. The Morgan fingerprint density at radius 2 is 1.15 bits per heavy atom. The van der Waals surface area contributed by atoms with Crippen molar-refractivity contribution in [3.05, 3.63) is 0 Å². The molecule has 0 aliphatic carbocycles. The molecule has 0 aromatic heterocycles. The zero-order valence-corrected chi connectivity index (χ0v) is 18.6. The van der Waals surface area contributed by atoms with E-state index in [1.807, 2.05) is 0 Å². The first-order valence-electron chi connectivity index (χ1n) is 9.23. The van der Waals surface area contributed by atoms with E-state index >= 15 is 0 Å². The fourth-order valence-corrected chi connectivity index (χ4v) is 3.64. The summed E-state index contributed by atoms with van der Waals surface area (Å²) >= 11 is 0. The Balaban J connectivity index is -0.000000306. The van der Waals surface area contributed by atoms with Crippen LogP contribution in [0.3, 0.4) is 0 Å². The molecule has 0 saturated carbocycles. The SMILES string of the molecule is CC(CN)CCC[NH3+].CCC(CC)S(=O)(=O)[O-].CCC(CC)S(=O)(=O)[O-]. The van der Waals surface area contributed by atoms with Crippen molar-refractivity contribution in [3.8, 4) is 0 Å². The Kier molecular flexibility index (Phi) is 19.8. The van der Waals surface area contributed by atoms with Crippen LogP contribution >= 0.6 is 0 Å². The summed E-state index contributed by atoms with van der Waals surface area (Å²) in [6.45, 7) is 10.8. The molecule has 0 rings (SSSR count). The van der Waals surface area contributed by atoms with E-state index in [1.54, 1.807) is 27.7 Å². The third kappa shape index (κ3) is 18.5. The van der Waals surface area contributed by atoms with Gasteiger partial charge in [0.1, 0.15) is 0 Å². The number of quaternary nitrogens is 1. The average Bonchev–Trinajstić information content (AvgIpc) is 2.53. The maximum absolute atomic E-state index is 10.2. The summed E-state index contributed by atoms with van der Waals surface area (Å²) in [6, 6.07) is 0. The smallest absolute Gasteiger partial charge is 0.0975 e. The van der Waals surface area contributed by atoms with Gasteiger partial charge in [-0.25, -0.2) is 16.8 Å². The average molecular weight is 420 g/mol. The second-order valence-electron chi connectivity index (χ2n) is 6.20. The molecule has 0 heterocycles. The van der Waals surface area contributed by atoms with Crippen LogP contribution < -0.4 is 11.5 Å². The summed E-state index contributed by atoms with van der Waals surface area (Å²) in [4.78, 5) is 0. The second-order valence-corrected chi connectivity index (χ2v) is 9.50. The number of rotatable bonds is 10. The first kappa shape index (κ1) is 30.5. The molecule has 10 heteroatoms. The van der Waals surface area contributed by atoms with Gasteiger partial charge in [0, 0.05) is 10.5 Å². The fourth-order valence-electron chi connectivity index (χ4n) is 2.00. The molecule has 1 unspecified atom stereocenters. The number of hydrogen-bond acceptors (Lipinski definition) is 7. The maximum Gasteiger partial charge on any atom is 0.0975 e. The normalized spacial score (nSPS) is 12.9. The standard InChI is InChI=1S/C6H16N2.2C5H12O3S/c1-6(5-8)3-2-4-7;2*1-3-5(4-2)9(6,7)8/h6H,2-5,7-8H2,1H3;2*5H,3-4H2,1-2H3,(H,6,7,8)/p-1. The zero-order chi connectivity index (χ0) is 21.4. The third-order valence-corrected chi connectivity index (χ3v) is 6.95. The molecule has 0 saturated heterocycles. The van der Waals surface area contributed by atoms with Crippen LogP contribution in [0, 0.1) is 5.92 Å². The van der Waals surface area contributed by atoms with Crippen molar-refractivity contribution < 1.29 is 31.7 Å². The van der Waals surface area contributed by atoms with Crippen LogP contribution in [0.1, 0.15) is 73.1 Å². The van der Waals surface area contributed by atoms with Crippen molar-refractivity contribution >= 4 is 20.2 Å². The van der Waals surface area contributed by atoms with Gasteiger partial charge in [0.25, 0.3) is 0 Å². The van der Waals surface area contributed by atoms with Gasteiger partial charge in [0.2, 0.25) is 0 Å². The predicted molar refractivity (Wildman–Crippen MR) is 103 cm³/mol. The quantitative estimate of drug-likeness (QED) is 0.498. The van der Waals surface area contributed by atoms with E-state index in [9.17, 15) is 25.9 Å².